The van der Waals surface area contributed by atoms with Crippen molar-refractivity contribution in [3.05, 3.63) is 60.2 Å². The zero-order chi connectivity index (χ0) is 18.6. The number of nitrogens with one attached hydrogen (secondary N) is 1. The molecular formula is C19H22N2O4S. The van der Waals surface area contributed by atoms with Crippen LogP contribution in [0.2, 0.25) is 0 Å². The van der Waals surface area contributed by atoms with E-state index in [1.807, 2.05) is 0 Å². The number of sulfonamides is 1. The lowest BCUT2D eigenvalue weighted by Crippen LogP contribution is -2.32. The summed E-state index contributed by atoms with van der Waals surface area (Å²) in [5.41, 5.74) is 0.842. The summed E-state index contributed by atoms with van der Waals surface area (Å²) < 4.78 is 32.1. The van der Waals surface area contributed by atoms with Crippen LogP contribution >= 0.6 is 0 Å². The summed E-state index contributed by atoms with van der Waals surface area (Å²) in [6, 6.07) is 14.8. The van der Waals surface area contributed by atoms with Gasteiger partial charge in [-0.25, -0.2) is 8.42 Å². The minimum atomic E-state index is -3.68. The smallest absolute Gasteiger partial charge is 0.264 e. The van der Waals surface area contributed by atoms with Crippen LogP contribution in [0.15, 0.2) is 59.5 Å². The molecule has 1 heterocycles. The normalized spacial score (nSPS) is 17.0. The average Bonchev–Trinajstić information content (AvgIpc) is 3.20. The number of ether oxygens (including phenoxy) is 1. The molecule has 0 aliphatic carbocycles. The highest BCUT2D eigenvalue weighted by Gasteiger charge is 2.22. The third-order valence-electron chi connectivity index (χ3n) is 4.39. The molecule has 1 saturated heterocycles. The monoisotopic (exact) mass is 374 g/mol. The Balaban J connectivity index is 1.74. The number of nitrogens with zero attached hydrogens (tertiary/aromatic N) is 1. The summed E-state index contributed by atoms with van der Waals surface area (Å²) in [6.07, 6.45) is 2.01. The van der Waals surface area contributed by atoms with Gasteiger partial charge in [0.05, 0.1) is 16.7 Å². The lowest BCUT2D eigenvalue weighted by atomic mass is 10.2. The molecular weight excluding hydrogens is 352 g/mol. The maximum absolute atomic E-state index is 12.7. The Bertz CT molecular complexity index is 862. The van der Waals surface area contributed by atoms with Gasteiger partial charge in [-0.05, 0) is 43.2 Å². The molecule has 26 heavy (non-hydrogen) atoms. The lowest BCUT2D eigenvalue weighted by Gasteiger charge is -2.20. The fraction of sp³-hybridized carbons (Fsp3) is 0.316. The first-order valence-corrected chi connectivity index (χ1v) is 9.96. The van der Waals surface area contributed by atoms with Crippen LogP contribution in [0, 0.1) is 0 Å². The van der Waals surface area contributed by atoms with Gasteiger partial charge in [0.15, 0.2) is 0 Å². The first kappa shape index (κ1) is 18.4. The van der Waals surface area contributed by atoms with Crippen molar-refractivity contribution in [2.45, 2.75) is 23.8 Å². The van der Waals surface area contributed by atoms with Crippen molar-refractivity contribution in [3.63, 3.8) is 0 Å². The van der Waals surface area contributed by atoms with E-state index in [0.717, 1.165) is 19.4 Å². The predicted octanol–water partition coefficient (Wildman–Crippen LogP) is 2.42. The zero-order valence-corrected chi connectivity index (χ0v) is 15.4. The molecule has 6 nitrogen and oxygen atoms in total. The largest absolute Gasteiger partial charge is 0.376 e. The molecule has 0 spiro atoms. The molecule has 1 fully saturated rings. The second-order valence-electron chi connectivity index (χ2n) is 6.18. The summed E-state index contributed by atoms with van der Waals surface area (Å²) >= 11 is 0. The number of benzene rings is 2. The van der Waals surface area contributed by atoms with E-state index in [1.54, 1.807) is 54.6 Å². The Morgan fingerprint density at radius 3 is 2.65 bits per heavy atom. The summed E-state index contributed by atoms with van der Waals surface area (Å²) in [6.45, 7) is 1.19. The van der Waals surface area contributed by atoms with E-state index in [1.165, 1.54) is 11.4 Å². The molecule has 1 aliphatic rings. The Morgan fingerprint density at radius 1 is 1.19 bits per heavy atom. The van der Waals surface area contributed by atoms with E-state index in [-0.39, 0.29) is 16.9 Å². The molecule has 2 aromatic rings. The third-order valence-corrected chi connectivity index (χ3v) is 6.19. The Kier molecular flexibility index (Phi) is 5.58. The van der Waals surface area contributed by atoms with E-state index < -0.39 is 10.0 Å². The standard InChI is InChI=1S/C19H22N2O4S/c1-21(26(23,24)18-10-3-2-4-11-18)16-8-5-7-15(13-16)19(22)20-14-17-9-6-12-25-17/h2-5,7-8,10-11,13,17H,6,9,12,14H2,1H3,(H,20,22)/t17-/m1/s1. The quantitative estimate of drug-likeness (QED) is 0.843. The summed E-state index contributed by atoms with van der Waals surface area (Å²) in [4.78, 5) is 12.6. The molecule has 138 valence electrons. The van der Waals surface area contributed by atoms with E-state index in [2.05, 4.69) is 5.32 Å². The number of amides is 1. The van der Waals surface area contributed by atoms with Crippen molar-refractivity contribution in [2.75, 3.05) is 24.5 Å². The van der Waals surface area contributed by atoms with E-state index in [0.29, 0.717) is 17.8 Å². The van der Waals surface area contributed by atoms with Gasteiger partial charge < -0.3 is 10.1 Å². The third kappa shape index (κ3) is 4.05. The molecule has 7 heteroatoms. The van der Waals surface area contributed by atoms with Gasteiger partial charge in [-0.15, -0.1) is 0 Å². The first-order chi connectivity index (χ1) is 12.5. The van der Waals surface area contributed by atoms with Crippen LogP contribution in [0.25, 0.3) is 0 Å². The molecule has 1 amide bonds. The maximum Gasteiger partial charge on any atom is 0.264 e. The fourth-order valence-electron chi connectivity index (χ4n) is 2.85. The molecule has 1 N–H and O–H groups in total. The van der Waals surface area contributed by atoms with Crippen LogP contribution in [0.3, 0.4) is 0 Å². The average molecular weight is 374 g/mol. The minimum absolute atomic E-state index is 0.0586. The number of hydrogen-bond acceptors (Lipinski definition) is 4. The van der Waals surface area contributed by atoms with Gasteiger partial charge in [-0.2, -0.15) is 0 Å². The zero-order valence-electron chi connectivity index (χ0n) is 14.6. The summed E-state index contributed by atoms with van der Waals surface area (Å²) in [5, 5.41) is 2.85. The molecule has 0 radical (unpaired) electrons. The number of anilines is 1. The number of carbonyl (C=O) groups is 1. The molecule has 0 aromatic heterocycles. The van der Waals surface area contributed by atoms with E-state index >= 15 is 0 Å². The Morgan fingerprint density at radius 2 is 1.96 bits per heavy atom. The van der Waals surface area contributed by atoms with E-state index in [9.17, 15) is 13.2 Å². The maximum atomic E-state index is 12.7. The highest BCUT2D eigenvalue weighted by molar-refractivity contribution is 7.92. The summed E-state index contributed by atoms with van der Waals surface area (Å²) in [7, 11) is -2.20. The molecule has 1 aliphatic heterocycles. The van der Waals surface area contributed by atoms with Crippen LogP contribution < -0.4 is 9.62 Å². The van der Waals surface area contributed by atoms with Gasteiger partial charge in [0.1, 0.15) is 0 Å². The minimum Gasteiger partial charge on any atom is -0.376 e. The molecule has 0 bridgehead atoms. The molecule has 0 unspecified atom stereocenters. The highest BCUT2D eigenvalue weighted by atomic mass is 32.2. The van der Waals surface area contributed by atoms with Crippen LogP contribution in [0.5, 0.6) is 0 Å². The van der Waals surface area contributed by atoms with E-state index in [4.69, 9.17) is 4.74 Å². The Hall–Kier alpha value is -2.38. The molecule has 0 saturated carbocycles. The van der Waals surface area contributed by atoms with Gasteiger partial charge in [-0.3, -0.25) is 9.10 Å². The second kappa shape index (κ2) is 7.88. The highest BCUT2D eigenvalue weighted by Crippen LogP contribution is 2.23. The van der Waals surface area contributed by atoms with Crippen molar-refractivity contribution >= 4 is 21.6 Å². The van der Waals surface area contributed by atoms with Gasteiger partial charge in [0.25, 0.3) is 15.9 Å². The van der Waals surface area contributed by atoms with Crippen LogP contribution in [-0.2, 0) is 14.8 Å². The number of rotatable bonds is 6. The van der Waals surface area contributed by atoms with Crippen LogP contribution in [-0.4, -0.2) is 40.6 Å². The van der Waals surface area contributed by atoms with Gasteiger partial charge in [0.2, 0.25) is 0 Å². The first-order valence-electron chi connectivity index (χ1n) is 8.52. The molecule has 1 atom stereocenters. The van der Waals surface area contributed by atoms with Crippen LogP contribution in [0.4, 0.5) is 5.69 Å². The summed E-state index contributed by atoms with van der Waals surface area (Å²) in [5.74, 6) is -0.243. The van der Waals surface area contributed by atoms with Crippen molar-refractivity contribution in [1.29, 1.82) is 0 Å². The SMILES string of the molecule is CN(c1cccc(C(=O)NC[C@H]2CCCO2)c1)S(=O)(=O)c1ccccc1. The van der Waals surface area contributed by atoms with Crippen LogP contribution in [0.1, 0.15) is 23.2 Å². The molecule has 3 rings (SSSR count). The van der Waals surface area contributed by atoms with Crippen molar-refractivity contribution < 1.29 is 17.9 Å². The van der Waals surface area contributed by atoms with Crippen molar-refractivity contribution in [1.82, 2.24) is 5.32 Å². The topological polar surface area (TPSA) is 75.7 Å². The fourth-order valence-corrected chi connectivity index (χ4v) is 4.05. The Labute approximate surface area is 153 Å². The number of carbonyl (C=O) groups excluding carboxylic acids is 1. The van der Waals surface area contributed by atoms with Gasteiger partial charge >= 0.3 is 0 Å². The van der Waals surface area contributed by atoms with Crippen molar-refractivity contribution in [2.24, 2.45) is 0 Å². The lowest BCUT2D eigenvalue weighted by molar-refractivity contribution is 0.0858. The predicted molar refractivity (Wildman–Crippen MR) is 99.8 cm³/mol. The second-order valence-corrected chi connectivity index (χ2v) is 8.15. The van der Waals surface area contributed by atoms with Gasteiger partial charge in [0, 0.05) is 25.8 Å². The molecule has 2 aromatic carbocycles. The van der Waals surface area contributed by atoms with Gasteiger partial charge in [-0.1, -0.05) is 24.3 Å². The van der Waals surface area contributed by atoms with Crippen molar-refractivity contribution in [3.8, 4) is 0 Å². The number of hydrogen-bond donors (Lipinski definition) is 1.